The van der Waals surface area contributed by atoms with E-state index in [9.17, 15) is 0 Å². The second kappa shape index (κ2) is 4.42. The van der Waals surface area contributed by atoms with E-state index in [4.69, 9.17) is 11.6 Å². The van der Waals surface area contributed by atoms with Gasteiger partial charge < -0.3 is 4.90 Å². The molecule has 0 amide bonds. The topological polar surface area (TPSA) is 29.0 Å². The van der Waals surface area contributed by atoms with Gasteiger partial charge in [0.1, 0.15) is 0 Å². The molecule has 0 spiro atoms. The van der Waals surface area contributed by atoms with Crippen LogP contribution in [0.3, 0.4) is 0 Å². The summed E-state index contributed by atoms with van der Waals surface area (Å²) in [6.45, 7) is 8.10. The van der Waals surface area contributed by atoms with E-state index >= 15 is 0 Å². The van der Waals surface area contributed by atoms with Crippen LogP contribution in [-0.4, -0.2) is 23.1 Å². The summed E-state index contributed by atoms with van der Waals surface area (Å²) < 4.78 is 0. The van der Waals surface area contributed by atoms with Crippen LogP contribution in [0.5, 0.6) is 0 Å². The van der Waals surface area contributed by atoms with E-state index < -0.39 is 0 Å². The van der Waals surface area contributed by atoms with Gasteiger partial charge in [0, 0.05) is 13.1 Å². The number of aromatic nitrogens is 2. The third-order valence-electron chi connectivity index (χ3n) is 3.29. The van der Waals surface area contributed by atoms with Crippen molar-refractivity contribution >= 4 is 17.5 Å². The van der Waals surface area contributed by atoms with Crippen LogP contribution in [0.25, 0.3) is 0 Å². The second-order valence-electron chi connectivity index (χ2n) is 4.55. The van der Waals surface area contributed by atoms with Gasteiger partial charge in [-0.25, -0.2) is 9.97 Å². The molecule has 2 rings (SSSR count). The minimum Gasteiger partial charge on any atom is -0.341 e. The van der Waals surface area contributed by atoms with Crippen LogP contribution < -0.4 is 4.90 Å². The SMILES string of the molecule is C=CC1(C)CCN(c2ncc(Cl)cn2)CC1. The molecule has 1 saturated heterocycles. The lowest BCUT2D eigenvalue weighted by Crippen LogP contribution is -2.38. The van der Waals surface area contributed by atoms with Gasteiger partial charge in [0.2, 0.25) is 5.95 Å². The van der Waals surface area contributed by atoms with Crippen molar-refractivity contribution in [2.45, 2.75) is 19.8 Å². The Bertz CT molecular complexity index is 366. The Hall–Kier alpha value is -1.09. The van der Waals surface area contributed by atoms with Crippen molar-refractivity contribution in [1.82, 2.24) is 9.97 Å². The van der Waals surface area contributed by atoms with Crippen LogP contribution in [0, 0.1) is 5.41 Å². The number of piperidine rings is 1. The molecule has 2 heterocycles. The number of rotatable bonds is 2. The normalized spacial score (nSPS) is 19.5. The highest BCUT2D eigenvalue weighted by Crippen LogP contribution is 2.32. The van der Waals surface area contributed by atoms with Gasteiger partial charge in [0.25, 0.3) is 0 Å². The highest BCUT2D eigenvalue weighted by atomic mass is 35.5. The van der Waals surface area contributed by atoms with Crippen LogP contribution >= 0.6 is 11.6 Å². The molecular weight excluding hydrogens is 222 g/mol. The van der Waals surface area contributed by atoms with Gasteiger partial charge in [-0.3, -0.25) is 0 Å². The van der Waals surface area contributed by atoms with E-state index in [1.165, 1.54) is 0 Å². The third-order valence-corrected chi connectivity index (χ3v) is 3.48. The number of anilines is 1. The van der Waals surface area contributed by atoms with Crippen LogP contribution in [0.4, 0.5) is 5.95 Å². The number of halogens is 1. The maximum atomic E-state index is 5.76. The van der Waals surface area contributed by atoms with E-state index in [0.29, 0.717) is 5.02 Å². The summed E-state index contributed by atoms with van der Waals surface area (Å²) in [6.07, 6.45) is 7.55. The molecular formula is C12H16ClN3. The largest absolute Gasteiger partial charge is 0.341 e. The lowest BCUT2D eigenvalue weighted by Gasteiger charge is -2.37. The molecule has 0 N–H and O–H groups in total. The second-order valence-corrected chi connectivity index (χ2v) is 4.98. The maximum absolute atomic E-state index is 5.76. The van der Waals surface area contributed by atoms with Gasteiger partial charge in [0.15, 0.2) is 0 Å². The molecule has 0 aromatic carbocycles. The van der Waals surface area contributed by atoms with Gasteiger partial charge in [-0.15, -0.1) is 6.58 Å². The lowest BCUT2D eigenvalue weighted by atomic mass is 9.81. The molecule has 1 aromatic rings. The molecule has 86 valence electrons. The van der Waals surface area contributed by atoms with E-state index in [-0.39, 0.29) is 5.41 Å². The fraction of sp³-hybridized carbons (Fsp3) is 0.500. The molecule has 4 heteroatoms. The molecule has 0 atom stereocenters. The summed E-state index contributed by atoms with van der Waals surface area (Å²) in [5, 5.41) is 0.580. The van der Waals surface area contributed by atoms with Gasteiger partial charge in [-0.05, 0) is 18.3 Å². The Morgan fingerprint density at radius 2 is 1.94 bits per heavy atom. The summed E-state index contributed by atoms with van der Waals surface area (Å²) in [5.74, 6) is 0.774. The monoisotopic (exact) mass is 237 g/mol. The zero-order valence-corrected chi connectivity index (χ0v) is 10.2. The maximum Gasteiger partial charge on any atom is 0.225 e. The Morgan fingerprint density at radius 3 is 2.44 bits per heavy atom. The first-order valence-electron chi connectivity index (χ1n) is 5.49. The van der Waals surface area contributed by atoms with Crippen molar-refractivity contribution in [3.63, 3.8) is 0 Å². The van der Waals surface area contributed by atoms with Gasteiger partial charge in [-0.2, -0.15) is 0 Å². The minimum absolute atomic E-state index is 0.267. The molecule has 1 aliphatic heterocycles. The minimum atomic E-state index is 0.267. The van der Waals surface area contributed by atoms with Crippen molar-refractivity contribution in [3.05, 3.63) is 30.1 Å². The molecule has 1 fully saturated rings. The smallest absolute Gasteiger partial charge is 0.225 e. The molecule has 3 nitrogen and oxygen atoms in total. The summed E-state index contributed by atoms with van der Waals surface area (Å²) in [6, 6.07) is 0. The molecule has 1 aliphatic rings. The first-order valence-corrected chi connectivity index (χ1v) is 5.87. The highest BCUT2D eigenvalue weighted by Gasteiger charge is 2.27. The number of hydrogen-bond donors (Lipinski definition) is 0. The molecule has 0 radical (unpaired) electrons. The Balaban J connectivity index is 2.04. The summed E-state index contributed by atoms with van der Waals surface area (Å²) in [5.41, 5.74) is 0.267. The van der Waals surface area contributed by atoms with Crippen molar-refractivity contribution in [2.24, 2.45) is 5.41 Å². The zero-order valence-electron chi connectivity index (χ0n) is 9.49. The van der Waals surface area contributed by atoms with E-state index in [0.717, 1.165) is 31.9 Å². The molecule has 16 heavy (non-hydrogen) atoms. The van der Waals surface area contributed by atoms with Crippen molar-refractivity contribution < 1.29 is 0 Å². The predicted octanol–water partition coefficient (Wildman–Crippen LogP) is 2.92. The number of hydrogen-bond acceptors (Lipinski definition) is 3. The molecule has 0 unspecified atom stereocenters. The van der Waals surface area contributed by atoms with Crippen molar-refractivity contribution in [3.8, 4) is 0 Å². The summed E-state index contributed by atoms with van der Waals surface area (Å²) >= 11 is 5.76. The quantitative estimate of drug-likeness (QED) is 0.741. The average Bonchev–Trinajstić information content (AvgIpc) is 2.32. The average molecular weight is 238 g/mol. The predicted molar refractivity (Wildman–Crippen MR) is 66.8 cm³/mol. The zero-order chi connectivity index (χ0) is 11.6. The van der Waals surface area contributed by atoms with E-state index in [2.05, 4.69) is 34.4 Å². The van der Waals surface area contributed by atoms with E-state index in [1.54, 1.807) is 12.4 Å². The lowest BCUT2D eigenvalue weighted by molar-refractivity contribution is 0.325. The van der Waals surface area contributed by atoms with Gasteiger partial charge in [0.05, 0.1) is 17.4 Å². The third kappa shape index (κ3) is 2.35. The van der Waals surface area contributed by atoms with Crippen LogP contribution in [0.1, 0.15) is 19.8 Å². The fourth-order valence-electron chi connectivity index (χ4n) is 1.89. The van der Waals surface area contributed by atoms with Crippen LogP contribution in [0.15, 0.2) is 25.0 Å². The van der Waals surface area contributed by atoms with Crippen LogP contribution in [0.2, 0.25) is 5.02 Å². The molecule has 0 saturated carbocycles. The van der Waals surface area contributed by atoms with E-state index in [1.807, 2.05) is 0 Å². The number of nitrogens with zero attached hydrogens (tertiary/aromatic N) is 3. The standard InChI is InChI=1S/C12H16ClN3/c1-3-12(2)4-6-16(7-5-12)11-14-8-10(13)9-15-11/h3,8-9H,1,4-7H2,2H3. The first kappa shape index (κ1) is 11.4. The summed E-state index contributed by atoms with van der Waals surface area (Å²) in [4.78, 5) is 10.7. The molecule has 0 aliphatic carbocycles. The molecule has 0 bridgehead atoms. The van der Waals surface area contributed by atoms with Crippen molar-refractivity contribution in [1.29, 1.82) is 0 Å². The van der Waals surface area contributed by atoms with Gasteiger partial charge >= 0.3 is 0 Å². The van der Waals surface area contributed by atoms with Crippen LogP contribution in [-0.2, 0) is 0 Å². The Morgan fingerprint density at radius 1 is 1.38 bits per heavy atom. The van der Waals surface area contributed by atoms with Crippen molar-refractivity contribution in [2.75, 3.05) is 18.0 Å². The fourth-order valence-corrected chi connectivity index (χ4v) is 1.99. The van der Waals surface area contributed by atoms with Gasteiger partial charge in [-0.1, -0.05) is 24.6 Å². The Labute approximate surface area is 101 Å². The summed E-state index contributed by atoms with van der Waals surface area (Å²) in [7, 11) is 0. The highest BCUT2D eigenvalue weighted by molar-refractivity contribution is 6.30. The molecule has 1 aromatic heterocycles. The number of allylic oxidation sites excluding steroid dienone is 1. The Kier molecular flexibility index (Phi) is 3.15. The first-order chi connectivity index (χ1) is 7.63.